The molecule has 0 aliphatic rings. The van der Waals surface area contributed by atoms with Gasteiger partial charge in [0.1, 0.15) is 0 Å². The van der Waals surface area contributed by atoms with Gasteiger partial charge >= 0.3 is 147 Å². The average molecular weight is 551 g/mol. The maximum atomic E-state index is 12.5. The van der Waals surface area contributed by atoms with Gasteiger partial charge in [-0.05, 0) is 0 Å². The molecule has 2 atom stereocenters. The summed E-state index contributed by atoms with van der Waals surface area (Å²) in [6, 6.07) is 16.0. The van der Waals surface area contributed by atoms with E-state index in [-0.39, 0.29) is 8.70 Å². The van der Waals surface area contributed by atoms with Gasteiger partial charge in [-0.1, -0.05) is 0 Å². The van der Waals surface area contributed by atoms with E-state index >= 15 is 0 Å². The summed E-state index contributed by atoms with van der Waals surface area (Å²) >= 11 is -13.7. The second-order valence-electron chi connectivity index (χ2n) is 5.29. The summed E-state index contributed by atoms with van der Waals surface area (Å²) < 4.78 is 56.5. The van der Waals surface area contributed by atoms with Crippen molar-refractivity contribution < 1.29 is 19.8 Å². The molecule has 0 bridgehead atoms. The van der Waals surface area contributed by atoms with Crippen LogP contribution in [-0.4, -0.2) is 55.7 Å². The third kappa shape index (κ3) is 5.39. The van der Waals surface area contributed by atoms with Gasteiger partial charge in [0.15, 0.2) is 0 Å². The van der Waals surface area contributed by atoms with Crippen LogP contribution in [0, 0.1) is 0 Å². The molecule has 0 amide bonds. The first-order valence-electron chi connectivity index (χ1n) is 6.81. The molecule has 0 spiro atoms. The predicted octanol–water partition coefficient (Wildman–Crippen LogP) is 0.259. The molecule has 23 heavy (non-hydrogen) atoms. The summed E-state index contributed by atoms with van der Waals surface area (Å²) in [5.41, 5.74) is 0. The molecule has 9 heteroatoms. The molecular formula is C14H18As2O6Sn. The van der Waals surface area contributed by atoms with Crippen LogP contribution in [0.4, 0.5) is 0 Å². The molecule has 0 fully saturated rings. The van der Waals surface area contributed by atoms with E-state index in [0.29, 0.717) is 0 Å². The number of hydrogen-bond donors (Lipinski definition) is 2. The van der Waals surface area contributed by atoms with Crippen molar-refractivity contribution in [2.45, 2.75) is 9.88 Å². The quantitative estimate of drug-likeness (QED) is 0.502. The Morgan fingerprint density at radius 2 is 1.04 bits per heavy atom. The van der Waals surface area contributed by atoms with Crippen molar-refractivity contribution in [2.75, 3.05) is 0 Å². The fourth-order valence-corrected chi connectivity index (χ4v) is 31.0. The summed E-state index contributed by atoms with van der Waals surface area (Å²) in [5, 5.41) is 0. The van der Waals surface area contributed by atoms with Crippen molar-refractivity contribution in [3.05, 3.63) is 60.7 Å². The third-order valence-electron chi connectivity index (χ3n) is 2.85. The zero-order valence-electron chi connectivity index (χ0n) is 12.7. The number of rotatable bonds is 6. The fraction of sp³-hybridized carbons (Fsp3) is 0.143. The maximum absolute atomic E-state index is 12.5. The van der Waals surface area contributed by atoms with E-state index in [1.54, 1.807) is 46.3 Å². The van der Waals surface area contributed by atoms with Gasteiger partial charge in [0.2, 0.25) is 0 Å². The molecule has 0 aliphatic carbocycles. The molecule has 0 aromatic heterocycles. The minimum atomic E-state index is -4.80. The van der Waals surface area contributed by atoms with Gasteiger partial charge in [-0.2, -0.15) is 0 Å². The predicted molar refractivity (Wildman–Crippen MR) is 89.1 cm³/mol. The molecule has 2 unspecified atom stereocenters. The van der Waals surface area contributed by atoms with Crippen molar-refractivity contribution >= 4 is 56.3 Å². The van der Waals surface area contributed by atoms with Crippen molar-refractivity contribution in [3.8, 4) is 0 Å². The molecule has 0 saturated heterocycles. The Balaban J connectivity index is 2.19. The Kier molecular flexibility index (Phi) is 6.12. The van der Waals surface area contributed by atoms with Gasteiger partial charge in [0, 0.05) is 0 Å². The molecule has 0 aliphatic heterocycles. The topological polar surface area (TPSA) is 93.1 Å². The Morgan fingerprint density at radius 3 is 1.35 bits per heavy atom. The molecule has 0 saturated carbocycles. The van der Waals surface area contributed by atoms with Gasteiger partial charge < -0.3 is 0 Å². The van der Waals surface area contributed by atoms with E-state index in [1.165, 1.54) is 24.3 Å². The zero-order chi connectivity index (χ0) is 17.1. The van der Waals surface area contributed by atoms with Crippen LogP contribution in [0.15, 0.2) is 60.7 Å². The van der Waals surface area contributed by atoms with Crippen molar-refractivity contribution in [3.63, 3.8) is 0 Å². The SMILES string of the molecule is [CH3][Sn]([CH3])([O][As](=O)(O)c1ccccc1)[O][As](=O)(O)c1ccccc1. The minimum absolute atomic E-state index is 0.193. The first kappa shape index (κ1) is 19.1. The van der Waals surface area contributed by atoms with Crippen LogP contribution < -0.4 is 8.70 Å². The van der Waals surface area contributed by atoms with Crippen LogP contribution in [-0.2, 0) is 11.6 Å². The van der Waals surface area contributed by atoms with Crippen LogP contribution in [0.5, 0.6) is 0 Å². The van der Waals surface area contributed by atoms with Crippen molar-refractivity contribution in [1.82, 2.24) is 0 Å². The first-order valence-corrected chi connectivity index (χ1v) is 21.5. The average Bonchev–Trinajstić information content (AvgIpc) is 2.47. The molecule has 0 heterocycles. The van der Waals surface area contributed by atoms with E-state index in [1.807, 2.05) is 0 Å². The molecule has 2 aromatic rings. The Labute approximate surface area is 145 Å². The molecule has 0 radical (unpaired) electrons. The van der Waals surface area contributed by atoms with E-state index in [4.69, 9.17) is 4.13 Å². The van der Waals surface area contributed by atoms with Crippen LogP contribution in [0.25, 0.3) is 0 Å². The second kappa shape index (κ2) is 7.36. The molecule has 2 N–H and O–H groups in total. The Hall–Kier alpha value is -0.204. The summed E-state index contributed by atoms with van der Waals surface area (Å²) in [7, 11) is 0. The summed E-state index contributed by atoms with van der Waals surface area (Å²) in [4.78, 5) is 3.10. The van der Waals surface area contributed by atoms with Crippen LogP contribution in [0.3, 0.4) is 0 Å². The Bertz CT molecular complexity index is 687. The van der Waals surface area contributed by atoms with Gasteiger partial charge in [-0.3, -0.25) is 0 Å². The van der Waals surface area contributed by atoms with Gasteiger partial charge in [0.25, 0.3) is 0 Å². The molecular weight excluding hydrogens is 533 g/mol. The second-order valence-corrected chi connectivity index (χ2v) is 26.0. The van der Waals surface area contributed by atoms with E-state index in [2.05, 4.69) is 0 Å². The third-order valence-corrected chi connectivity index (χ3v) is 30.1. The van der Waals surface area contributed by atoms with Gasteiger partial charge in [0.05, 0.1) is 0 Å². The molecule has 6 nitrogen and oxygen atoms in total. The zero-order valence-corrected chi connectivity index (χ0v) is 19.3. The number of benzene rings is 2. The van der Waals surface area contributed by atoms with Crippen LogP contribution in [0.2, 0.25) is 9.88 Å². The molecule has 2 aromatic carbocycles. The molecule has 124 valence electrons. The van der Waals surface area contributed by atoms with E-state index < -0.39 is 47.6 Å². The standard InChI is InChI=1S/2C6H7AsO3.2CH3.Sn/c2*8-7(9,10)6-4-2-1-3-5-6;;;/h2*1-5H,(H2,8,9,10);2*1H3;/q;;;;+2/p-2. The Morgan fingerprint density at radius 1 is 0.739 bits per heavy atom. The van der Waals surface area contributed by atoms with Crippen LogP contribution in [0.1, 0.15) is 0 Å². The molecule has 2 rings (SSSR count). The fourth-order valence-electron chi connectivity index (χ4n) is 1.95. The van der Waals surface area contributed by atoms with Crippen molar-refractivity contribution in [1.29, 1.82) is 0 Å². The first-order chi connectivity index (χ1) is 10.6. The number of hydrogen-bond acceptors (Lipinski definition) is 4. The van der Waals surface area contributed by atoms with Crippen LogP contribution >= 0.6 is 0 Å². The summed E-state index contributed by atoms with van der Waals surface area (Å²) in [6.45, 7) is 0. The summed E-state index contributed by atoms with van der Waals surface area (Å²) in [5.74, 6) is 0. The van der Waals surface area contributed by atoms with Gasteiger partial charge in [-0.15, -0.1) is 0 Å². The van der Waals surface area contributed by atoms with Crippen molar-refractivity contribution in [2.24, 2.45) is 0 Å². The normalized spacial score (nSPS) is 17.2. The van der Waals surface area contributed by atoms with E-state index in [9.17, 15) is 15.7 Å². The monoisotopic (exact) mass is 552 g/mol. The summed E-state index contributed by atoms with van der Waals surface area (Å²) in [6.07, 6.45) is 0. The van der Waals surface area contributed by atoms with E-state index in [0.717, 1.165) is 0 Å². The van der Waals surface area contributed by atoms with Gasteiger partial charge in [-0.25, -0.2) is 0 Å².